The van der Waals surface area contributed by atoms with Crippen LogP contribution in [-0.2, 0) is 19.2 Å². The highest BCUT2D eigenvalue weighted by Gasteiger charge is 2.58. The summed E-state index contributed by atoms with van der Waals surface area (Å²) in [6.45, 7) is 7.13. The third-order valence-electron chi connectivity index (χ3n) is 7.80. The molecule has 1 N–H and O–H groups in total. The molecule has 4 atom stereocenters. The molecule has 35 heavy (non-hydrogen) atoms. The fourth-order valence-electron chi connectivity index (χ4n) is 6.31. The van der Waals surface area contributed by atoms with Crippen LogP contribution in [0.3, 0.4) is 0 Å². The summed E-state index contributed by atoms with van der Waals surface area (Å²) in [6, 6.07) is 5.07. The molecule has 182 valence electrons. The van der Waals surface area contributed by atoms with Gasteiger partial charge in [-0.15, -0.1) is 0 Å². The second kappa shape index (κ2) is 7.77. The van der Waals surface area contributed by atoms with Gasteiger partial charge in [0.05, 0.1) is 18.9 Å². The quantitative estimate of drug-likeness (QED) is 0.398. The molecule has 1 aromatic rings. The lowest BCUT2D eigenvalue weighted by Gasteiger charge is -2.42. The molecule has 5 rings (SSSR count). The van der Waals surface area contributed by atoms with Crippen LogP contribution >= 0.6 is 0 Å². The van der Waals surface area contributed by atoms with E-state index in [0.29, 0.717) is 28.7 Å². The molecule has 1 heterocycles. The number of fused-ring (bicyclic) bond motifs is 3. The molecule has 7 heteroatoms. The lowest BCUT2D eigenvalue weighted by molar-refractivity contribution is -0.145. The van der Waals surface area contributed by atoms with Gasteiger partial charge in [0.1, 0.15) is 0 Å². The molecule has 1 fully saturated rings. The van der Waals surface area contributed by atoms with Crippen molar-refractivity contribution in [3.05, 3.63) is 58.2 Å². The van der Waals surface area contributed by atoms with Crippen molar-refractivity contribution < 1.29 is 29.0 Å². The average molecular weight is 476 g/mol. The minimum absolute atomic E-state index is 0.104. The molecule has 0 aromatic heterocycles. The number of benzene rings is 1. The zero-order valence-corrected chi connectivity index (χ0v) is 20.5. The molecule has 0 spiro atoms. The summed E-state index contributed by atoms with van der Waals surface area (Å²) >= 11 is 0. The van der Waals surface area contributed by atoms with E-state index in [1.54, 1.807) is 25.1 Å². The van der Waals surface area contributed by atoms with Crippen molar-refractivity contribution in [3.63, 3.8) is 0 Å². The van der Waals surface area contributed by atoms with E-state index in [0.717, 1.165) is 5.57 Å². The number of aromatic hydroxyl groups is 1. The summed E-state index contributed by atoms with van der Waals surface area (Å²) in [6.07, 6.45) is 3.88. The van der Waals surface area contributed by atoms with Gasteiger partial charge >= 0.3 is 0 Å². The van der Waals surface area contributed by atoms with Crippen molar-refractivity contribution in [3.8, 4) is 11.5 Å². The second-order valence-electron chi connectivity index (χ2n) is 10.8. The summed E-state index contributed by atoms with van der Waals surface area (Å²) < 4.78 is 5.32. The first-order chi connectivity index (χ1) is 16.5. The normalized spacial score (nSPS) is 28.4. The summed E-state index contributed by atoms with van der Waals surface area (Å²) in [5, 5.41) is 11.1. The number of ketones is 2. The maximum Gasteiger partial charge on any atom is 0.234 e. The summed E-state index contributed by atoms with van der Waals surface area (Å²) in [4.78, 5) is 54.8. The number of rotatable bonds is 2. The number of carbonyl (C=O) groups excluding carboxylic acids is 4. The van der Waals surface area contributed by atoms with Crippen molar-refractivity contribution in [2.75, 3.05) is 7.11 Å². The first-order valence-electron chi connectivity index (χ1n) is 11.9. The SMILES string of the molecule is COc1cccc([C@H]2C3=CC[C@@H]4C(=O)N(C(C)(C)C)C(=O)[C@@H]4[C@@H]3CC3=C2C(=O)C(C)=CC3=O)c1O. The Morgan fingerprint density at radius 1 is 1.06 bits per heavy atom. The van der Waals surface area contributed by atoms with Crippen LogP contribution in [0.25, 0.3) is 0 Å². The number of allylic oxidation sites excluding steroid dienone is 6. The number of carbonyl (C=O) groups is 4. The van der Waals surface area contributed by atoms with Crippen molar-refractivity contribution in [1.29, 1.82) is 0 Å². The molecule has 0 saturated carbocycles. The van der Waals surface area contributed by atoms with Gasteiger partial charge in [-0.05, 0) is 58.6 Å². The Morgan fingerprint density at radius 3 is 2.43 bits per heavy atom. The molecule has 1 aliphatic heterocycles. The standard InChI is InChI=1S/C28H29NO6/c1-13-11-19(30)18-12-17-14(9-10-16-22(17)27(34)29(26(16)33)28(2,3)4)21(23(18)24(13)31)15-7-6-8-20(35-5)25(15)32/h6-9,11,16-17,21-22,32H,10,12H2,1-5H3/t16-,17+,21+,22-/m0/s1. The molecule has 3 aliphatic carbocycles. The van der Waals surface area contributed by atoms with Crippen LogP contribution in [0.15, 0.2) is 52.6 Å². The molecule has 1 saturated heterocycles. The van der Waals surface area contributed by atoms with Crippen LogP contribution in [0.1, 0.15) is 52.0 Å². The van der Waals surface area contributed by atoms with E-state index in [1.165, 1.54) is 18.1 Å². The number of phenolic OH excluding ortho intramolecular Hbond substituents is 1. The Balaban J connectivity index is 1.71. The fraction of sp³-hybridized carbons (Fsp3) is 0.429. The van der Waals surface area contributed by atoms with Gasteiger partial charge in [-0.2, -0.15) is 0 Å². The Morgan fingerprint density at radius 2 is 1.77 bits per heavy atom. The van der Waals surface area contributed by atoms with Gasteiger partial charge in [-0.1, -0.05) is 23.8 Å². The summed E-state index contributed by atoms with van der Waals surface area (Å²) in [5.41, 5.74) is 1.66. The Hall–Kier alpha value is -3.48. The minimum atomic E-state index is -0.702. The highest BCUT2D eigenvalue weighted by molar-refractivity contribution is 6.24. The van der Waals surface area contributed by atoms with Crippen LogP contribution in [0.2, 0.25) is 0 Å². The van der Waals surface area contributed by atoms with Crippen LogP contribution in [-0.4, -0.2) is 46.0 Å². The number of hydrogen-bond acceptors (Lipinski definition) is 6. The average Bonchev–Trinajstić information content (AvgIpc) is 3.06. The maximum atomic E-state index is 13.6. The summed E-state index contributed by atoms with van der Waals surface area (Å²) in [7, 11) is 1.45. The number of ether oxygens (including phenoxy) is 1. The first kappa shape index (κ1) is 23.3. The van der Waals surface area contributed by atoms with Crippen molar-refractivity contribution >= 4 is 23.4 Å². The number of hydrogen-bond donors (Lipinski definition) is 1. The van der Waals surface area contributed by atoms with E-state index >= 15 is 0 Å². The number of imide groups is 1. The van der Waals surface area contributed by atoms with Gasteiger partial charge in [0.2, 0.25) is 11.8 Å². The predicted octanol–water partition coefficient (Wildman–Crippen LogP) is 3.63. The highest BCUT2D eigenvalue weighted by atomic mass is 16.5. The van der Waals surface area contributed by atoms with Gasteiger partial charge in [-0.3, -0.25) is 24.1 Å². The van der Waals surface area contributed by atoms with Gasteiger partial charge < -0.3 is 9.84 Å². The Bertz CT molecular complexity index is 1290. The molecule has 0 unspecified atom stereocenters. The van der Waals surface area contributed by atoms with Gasteiger partial charge in [0.15, 0.2) is 23.1 Å². The summed E-state index contributed by atoms with van der Waals surface area (Å²) in [5.74, 6) is -2.99. The molecular weight excluding hydrogens is 446 g/mol. The highest BCUT2D eigenvalue weighted by Crippen LogP contribution is 2.57. The van der Waals surface area contributed by atoms with E-state index < -0.39 is 29.2 Å². The largest absolute Gasteiger partial charge is 0.504 e. The first-order valence-corrected chi connectivity index (χ1v) is 11.9. The number of phenols is 1. The van der Waals surface area contributed by atoms with E-state index in [2.05, 4.69) is 0 Å². The van der Waals surface area contributed by atoms with Crippen molar-refractivity contribution in [2.24, 2.45) is 17.8 Å². The van der Waals surface area contributed by atoms with E-state index in [1.807, 2.05) is 26.8 Å². The smallest absolute Gasteiger partial charge is 0.234 e. The Labute approximate surface area is 204 Å². The molecule has 7 nitrogen and oxygen atoms in total. The molecule has 4 aliphatic rings. The van der Waals surface area contributed by atoms with Crippen LogP contribution < -0.4 is 4.74 Å². The van der Waals surface area contributed by atoms with Gasteiger partial charge in [-0.25, -0.2) is 0 Å². The molecule has 1 aromatic carbocycles. The molecular formula is C28H29NO6. The fourth-order valence-corrected chi connectivity index (χ4v) is 6.31. The third-order valence-corrected chi connectivity index (χ3v) is 7.80. The van der Waals surface area contributed by atoms with Crippen LogP contribution in [0, 0.1) is 17.8 Å². The van der Waals surface area contributed by atoms with Crippen molar-refractivity contribution in [2.45, 2.75) is 52.0 Å². The molecule has 2 amide bonds. The van der Waals surface area contributed by atoms with Crippen LogP contribution in [0.5, 0.6) is 11.5 Å². The number of amides is 2. The zero-order chi connectivity index (χ0) is 25.4. The topological polar surface area (TPSA) is 101 Å². The Kier molecular flexibility index (Phi) is 5.16. The predicted molar refractivity (Wildman–Crippen MR) is 128 cm³/mol. The maximum absolute atomic E-state index is 13.6. The third kappa shape index (κ3) is 3.24. The van der Waals surface area contributed by atoms with Gasteiger partial charge in [0.25, 0.3) is 0 Å². The monoisotopic (exact) mass is 475 g/mol. The zero-order valence-electron chi connectivity index (χ0n) is 20.5. The van der Waals surface area contributed by atoms with Crippen molar-refractivity contribution in [1.82, 2.24) is 4.90 Å². The van der Waals surface area contributed by atoms with E-state index in [9.17, 15) is 24.3 Å². The lowest BCUT2D eigenvalue weighted by Crippen LogP contribution is -2.46. The number of Topliss-reactive ketones (excluding diaryl/α,β-unsaturated/α-hetero) is 1. The van der Waals surface area contributed by atoms with Crippen LogP contribution in [0.4, 0.5) is 0 Å². The lowest BCUT2D eigenvalue weighted by atomic mass is 9.59. The number of para-hydroxylation sites is 1. The van der Waals surface area contributed by atoms with Gasteiger partial charge in [0, 0.05) is 33.7 Å². The van der Waals surface area contributed by atoms with E-state index in [4.69, 9.17) is 4.74 Å². The van der Waals surface area contributed by atoms with E-state index in [-0.39, 0.29) is 41.3 Å². The molecule has 0 radical (unpaired) electrons. The number of likely N-dealkylation sites (tertiary alicyclic amines) is 1. The number of nitrogens with zero attached hydrogens (tertiary/aromatic N) is 1. The minimum Gasteiger partial charge on any atom is -0.504 e. The molecule has 0 bridgehead atoms. The number of methoxy groups -OCH3 is 1. The second-order valence-corrected chi connectivity index (χ2v) is 10.8.